The fourth-order valence-electron chi connectivity index (χ4n) is 2.59. The summed E-state index contributed by atoms with van der Waals surface area (Å²) in [4.78, 5) is 11.8. The fraction of sp³-hybridized carbons (Fsp3) is 0.750. The third-order valence-electron chi connectivity index (χ3n) is 3.72. The van der Waals surface area contributed by atoms with E-state index in [1.54, 1.807) is 9.13 Å². The molecule has 0 spiro atoms. The molecule has 0 aliphatic heterocycles. The van der Waals surface area contributed by atoms with Gasteiger partial charge in [-0.25, -0.2) is 4.79 Å². The van der Waals surface area contributed by atoms with E-state index in [0.717, 1.165) is 25.9 Å². The molecule has 90 valence electrons. The second kappa shape index (κ2) is 4.87. The molecule has 0 aromatic carbocycles. The van der Waals surface area contributed by atoms with Crippen LogP contribution in [0.5, 0.6) is 0 Å². The van der Waals surface area contributed by atoms with Gasteiger partial charge in [0.05, 0.1) is 0 Å². The van der Waals surface area contributed by atoms with E-state index in [4.69, 9.17) is 5.73 Å². The van der Waals surface area contributed by atoms with Gasteiger partial charge in [-0.15, -0.1) is 0 Å². The third-order valence-corrected chi connectivity index (χ3v) is 3.72. The molecule has 0 radical (unpaired) electrons. The Bertz CT molecular complexity index is 393. The summed E-state index contributed by atoms with van der Waals surface area (Å²) in [5.74, 6) is 0.608. The molecule has 4 nitrogen and oxygen atoms in total. The second-order valence-electron chi connectivity index (χ2n) is 4.70. The Kier molecular flexibility index (Phi) is 3.49. The van der Waals surface area contributed by atoms with Crippen LogP contribution in [-0.2, 0) is 13.1 Å². The molecule has 1 aromatic heterocycles. The van der Waals surface area contributed by atoms with Crippen molar-refractivity contribution in [3.63, 3.8) is 0 Å². The molecule has 1 aliphatic rings. The van der Waals surface area contributed by atoms with E-state index in [9.17, 15) is 4.79 Å². The summed E-state index contributed by atoms with van der Waals surface area (Å²) in [6.07, 6.45) is 8.40. The van der Waals surface area contributed by atoms with E-state index < -0.39 is 0 Å². The van der Waals surface area contributed by atoms with Crippen LogP contribution in [0.15, 0.2) is 17.2 Å². The number of hydrogen-bond donors (Lipinski definition) is 1. The van der Waals surface area contributed by atoms with Gasteiger partial charge in [0.1, 0.15) is 0 Å². The molecule has 0 bridgehead atoms. The Labute approximate surface area is 96.1 Å². The van der Waals surface area contributed by atoms with E-state index >= 15 is 0 Å². The van der Waals surface area contributed by atoms with Gasteiger partial charge < -0.3 is 5.73 Å². The molecule has 2 unspecified atom stereocenters. The van der Waals surface area contributed by atoms with Crippen LogP contribution in [0.1, 0.15) is 32.6 Å². The first-order valence-electron chi connectivity index (χ1n) is 6.23. The number of nitrogens with two attached hydrogens (primary N) is 1. The Balaban J connectivity index is 1.94. The molecule has 0 saturated heterocycles. The minimum atomic E-state index is 0.106. The van der Waals surface area contributed by atoms with E-state index in [1.807, 2.05) is 19.3 Å². The summed E-state index contributed by atoms with van der Waals surface area (Å²) in [6.45, 7) is 3.54. The van der Waals surface area contributed by atoms with Crippen LogP contribution in [0, 0.1) is 5.92 Å². The van der Waals surface area contributed by atoms with Crippen LogP contribution in [0.3, 0.4) is 0 Å². The predicted octanol–water partition coefficient (Wildman–Crippen LogP) is 1.19. The van der Waals surface area contributed by atoms with E-state index in [1.165, 1.54) is 12.8 Å². The average molecular weight is 223 g/mol. The zero-order chi connectivity index (χ0) is 11.5. The molecule has 1 aromatic rings. The number of aryl methyl sites for hydroxylation is 2. The molecular weight excluding hydrogens is 202 g/mol. The molecule has 1 aliphatic carbocycles. The van der Waals surface area contributed by atoms with Crippen molar-refractivity contribution in [2.75, 3.05) is 0 Å². The molecule has 1 fully saturated rings. The van der Waals surface area contributed by atoms with Crippen molar-refractivity contribution < 1.29 is 0 Å². The summed E-state index contributed by atoms with van der Waals surface area (Å²) >= 11 is 0. The lowest BCUT2D eigenvalue weighted by molar-refractivity contribution is 0.410. The quantitative estimate of drug-likeness (QED) is 0.833. The van der Waals surface area contributed by atoms with Crippen molar-refractivity contribution in [3.8, 4) is 0 Å². The van der Waals surface area contributed by atoms with Gasteiger partial charge >= 0.3 is 5.69 Å². The summed E-state index contributed by atoms with van der Waals surface area (Å²) in [6, 6.07) is 0.351. The highest BCUT2D eigenvalue weighted by Gasteiger charge is 2.23. The van der Waals surface area contributed by atoms with Crippen LogP contribution >= 0.6 is 0 Å². The van der Waals surface area contributed by atoms with Crippen molar-refractivity contribution in [1.29, 1.82) is 0 Å². The first-order valence-corrected chi connectivity index (χ1v) is 6.23. The van der Waals surface area contributed by atoms with Crippen LogP contribution in [0.2, 0.25) is 0 Å². The van der Waals surface area contributed by atoms with Crippen molar-refractivity contribution in [2.24, 2.45) is 11.7 Å². The molecule has 1 saturated carbocycles. The predicted molar refractivity (Wildman–Crippen MR) is 64.3 cm³/mol. The van der Waals surface area contributed by atoms with E-state index in [2.05, 4.69) is 0 Å². The fourth-order valence-corrected chi connectivity index (χ4v) is 2.59. The minimum Gasteiger partial charge on any atom is -0.327 e. The van der Waals surface area contributed by atoms with Gasteiger partial charge in [-0.1, -0.05) is 6.42 Å². The largest absolute Gasteiger partial charge is 0.328 e. The molecule has 2 N–H and O–H groups in total. The van der Waals surface area contributed by atoms with Crippen LogP contribution < -0.4 is 11.4 Å². The Morgan fingerprint density at radius 1 is 1.38 bits per heavy atom. The Morgan fingerprint density at radius 2 is 2.12 bits per heavy atom. The third kappa shape index (κ3) is 2.21. The monoisotopic (exact) mass is 223 g/mol. The highest BCUT2D eigenvalue weighted by molar-refractivity contribution is 4.84. The molecule has 2 rings (SSSR count). The zero-order valence-corrected chi connectivity index (χ0v) is 9.93. The number of nitrogens with zero attached hydrogens (tertiary/aromatic N) is 2. The molecule has 16 heavy (non-hydrogen) atoms. The summed E-state index contributed by atoms with van der Waals surface area (Å²) in [5, 5.41) is 0. The summed E-state index contributed by atoms with van der Waals surface area (Å²) in [5.41, 5.74) is 6.13. The first kappa shape index (κ1) is 11.5. The maximum atomic E-state index is 11.8. The van der Waals surface area contributed by atoms with Crippen LogP contribution in [-0.4, -0.2) is 15.2 Å². The SMILES string of the molecule is CCn1ccn(CCC2CCCC2N)c1=O. The van der Waals surface area contributed by atoms with Crippen molar-refractivity contribution >= 4 is 0 Å². The average Bonchev–Trinajstić information content (AvgIpc) is 2.83. The smallest absolute Gasteiger partial charge is 0.327 e. The zero-order valence-electron chi connectivity index (χ0n) is 9.93. The molecule has 4 heteroatoms. The molecule has 1 heterocycles. The number of imidazole rings is 1. The summed E-state index contributed by atoms with van der Waals surface area (Å²) < 4.78 is 3.53. The number of hydrogen-bond acceptors (Lipinski definition) is 2. The van der Waals surface area contributed by atoms with Crippen LogP contribution in [0.4, 0.5) is 0 Å². The Hall–Kier alpha value is -1.03. The van der Waals surface area contributed by atoms with Gasteiger partial charge in [0.15, 0.2) is 0 Å². The van der Waals surface area contributed by atoms with Gasteiger partial charge in [-0.2, -0.15) is 0 Å². The van der Waals surface area contributed by atoms with E-state index in [-0.39, 0.29) is 5.69 Å². The molecule has 2 atom stereocenters. The normalized spacial score (nSPS) is 25.1. The lowest BCUT2D eigenvalue weighted by atomic mass is 10.0. The second-order valence-corrected chi connectivity index (χ2v) is 4.70. The lowest BCUT2D eigenvalue weighted by Gasteiger charge is -2.14. The van der Waals surface area contributed by atoms with Crippen molar-refractivity contribution in [3.05, 3.63) is 22.9 Å². The molecular formula is C12H21N3O. The van der Waals surface area contributed by atoms with Gasteiger partial charge in [-0.3, -0.25) is 9.13 Å². The van der Waals surface area contributed by atoms with Gasteiger partial charge in [0.25, 0.3) is 0 Å². The van der Waals surface area contributed by atoms with E-state index in [0.29, 0.717) is 12.0 Å². The van der Waals surface area contributed by atoms with Crippen molar-refractivity contribution in [2.45, 2.75) is 51.7 Å². The summed E-state index contributed by atoms with van der Waals surface area (Å²) in [7, 11) is 0. The number of aromatic nitrogens is 2. The minimum absolute atomic E-state index is 0.106. The Morgan fingerprint density at radius 3 is 2.69 bits per heavy atom. The van der Waals surface area contributed by atoms with Gasteiger partial charge in [0.2, 0.25) is 0 Å². The maximum absolute atomic E-state index is 11.8. The van der Waals surface area contributed by atoms with Crippen molar-refractivity contribution in [1.82, 2.24) is 9.13 Å². The maximum Gasteiger partial charge on any atom is 0.328 e. The van der Waals surface area contributed by atoms with Crippen LogP contribution in [0.25, 0.3) is 0 Å². The molecule has 0 amide bonds. The van der Waals surface area contributed by atoms with Gasteiger partial charge in [-0.05, 0) is 32.1 Å². The first-order chi connectivity index (χ1) is 7.72. The topological polar surface area (TPSA) is 52.9 Å². The van der Waals surface area contributed by atoms with Gasteiger partial charge in [0, 0.05) is 31.5 Å². The standard InChI is InChI=1S/C12H21N3O/c1-2-14-8-9-15(12(14)16)7-6-10-4-3-5-11(10)13/h8-11H,2-7,13H2,1H3. The number of rotatable bonds is 4. The highest BCUT2D eigenvalue weighted by atomic mass is 16.1. The highest BCUT2D eigenvalue weighted by Crippen LogP contribution is 2.26. The lowest BCUT2D eigenvalue weighted by Crippen LogP contribution is -2.28.